The van der Waals surface area contributed by atoms with Crippen molar-refractivity contribution in [2.45, 2.75) is 13.1 Å². The summed E-state index contributed by atoms with van der Waals surface area (Å²) in [5.74, 6) is 1.07. The van der Waals surface area contributed by atoms with Crippen molar-refractivity contribution >= 4 is 17.3 Å². The molecule has 1 aliphatic rings. The van der Waals surface area contributed by atoms with E-state index in [0.29, 0.717) is 6.61 Å². The fraction of sp³-hybridized carbons (Fsp3) is 0.600. The molecule has 1 aliphatic heterocycles. The van der Waals surface area contributed by atoms with Gasteiger partial charge in [0.05, 0.1) is 13.2 Å². The van der Waals surface area contributed by atoms with Gasteiger partial charge < -0.3 is 19.5 Å². The minimum Gasteiger partial charge on any atom is -0.383 e. The number of fused-ring (bicyclic) bond motifs is 1. The molecule has 0 spiro atoms. The summed E-state index contributed by atoms with van der Waals surface area (Å²) < 4.78 is 7.13. The first-order valence-electron chi connectivity index (χ1n) is 5.33. The van der Waals surface area contributed by atoms with Gasteiger partial charge in [-0.25, -0.2) is 4.98 Å². The van der Waals surface area contributed by atoms with Gasteiger partial charge in [-0.05, 0) is 12.2 Å². The zero-order valence-corrected chi connectivity index (χ0v) is 10.2. The number of nitrogens with one attached hydrogen (secondary N) is 1. The van der Waals surface area contributed by atoms with Gasteiger partial charge in [0.25, 0.3) is 0 Å². The number of ether oxygens (including phenoxy) is 1. The van der Waals surface area contributed by atoms with Gasteiger partial charge in [-0.3, -0.25) is 0 Å². The second-order valence-corrected chi connectivity index (χ2v) is 4.07. The molecule has 1 aromatic rings. The molecule has 0 fully saturated rings. The first-order valence-corrected chi connectivity index (χ1v) is 5.74. The van der Waals surface area contributed by atoms with Crippen LogP contribution < -0.4 is 5.32 Å². The molecule has 88 valence electrons. The van der Waals surface area contributed by atoms with Crippen molar-refractivity contribution < 1.29 is 4.74 Å². The van der Waals surface area contributed by atoms with E-state index >= 15 is 0 Å². The molecule has 2 heterocycles. The van der Waals surface area contributed by atoms with Crippen LogP contribution in [0.4, 0.5) is 0 Å². The van der Waals surface area contributed by atoms with Crippen molar-refractivity contribution in [3.05, 3.63) is 18.2 Å². The Morgan fingerprint density at radius 1 is 1.62 bits per heavy atom. The summed E-state index contributed by atoms with van der Waals surface area (Å²) in [6.45, 7) is 4.08. The largest absolute Gasteiger partial charge is 0.383 e. The molecule has 6 heteroatoms. The summed E-state index contributed by atoms with van der Waals surface area (Å²) >= 11 is 5.31. The highest BCUT2D eigenvalue weighted by Gasteiger charge is 2.18. The fourth-order valence-electron chi connectivity index (χ4n) is 1.72. The van der Waals surface area contributed by atoms with E-state index < -0.39 is 0 Å². The van der Waals surface area contributed by atoms with Crippen molar-refractivity contribution in [3.63, 3.8) is 0 Å². The van der Waals surface area contributed by atoms with Crippen LogP contribution in [-0.4, -0.2) is 46.4 Å². The molecule has 0 saturated heterocycles. The summed E-state index contributed by atoms with van der Waals surface area (Å²) in [6, 6.07) is 0. The van der Waals surface area contributed by atoms with Crippen LogP contribution in [0.1, 0.15) is 5.82 Å². The number of hydrogen-bond acceptors (Lipinski definition) is 3. The minimum atomic E-state index is 0.669. The molecule has 1 aromatic heterocycles. The SMILES string of the molecule is COCCNC(=S)N1CCn2ccnc2C1. The average molecular weight is 240 g/mol. The third kappa shape index (κ3) is 2.51. The highest BCUT2D eigenvalue weighted by Crippen LogP contribution is 2.09. The predicted molar refractivity (Wildman–Crippen MR) is 65.1 cm³/mol. The Kier molecular flexibility index (Phi) is 3.74. The lowest BCUT2D eigenvalue weighted by Gasteiger charge is -2.30. The summed E-state index contributed by atoms with van der Waals surface area (Å²) in [6.07, 6.45) is 3.84. The zero-order valence-electron chi connectivity index (χ0n) is 9.35. The molecule has 2 rings (SSSR count). The molecule has 0 aliphatic carbocycles. The smallest absolute Gasteiger partial charge is 0.169 e. The van der Waals surface area contributed by atoms with E-state index in [1.165, 1.54) is 0 Å². The molecule has 16 heavy (non-hydrogen) atoms. The lowest BCUT2D eigenvalue weighted by Crippen LogP contribution is -2.44. The first kappa shape index (κ1) is 11.3. The monoisotopic (exact) mass is 240 g/mol. The predicted octanol–water partition coefficient (Wildman–Crippen LogP) is 0.220. The van der Waals surface area contributed by atoms with E-state index in [0.717, 1.165) is 37.1 Å². The Hall–Kier alpha value is -1.14. The molecule has 0 radical (unpaired) electrons. The second-order valence-electron chi connectivity index (χ2n) is 3.68. The number of aromatic nitrogens is 2. The number of hydrogen-bond donors (Lipinski definition) is 1. The maximum absolute atomic E-state index is 5.31. The van der Waals surface area contributed by atoms with Gasteiger partial charge in [-0.2, -0.15) is 0 Å². The third-order valence-corrected chi connectivity index (χ3v) is 3.02. The molecule has 0 amide bonds. The van der Waals surface area contributed by atoms with Gasteiger partial charge in [0.15, 0.2) is 5.11 Å². The molecule has 5 nitrogen and oxygen atoms in total. The van der Waals surface area contributed by atoms with Crippen LogP contribution in [0.15, 0.2) is 12.4 Å². The van der Waals surface area contributed by atoms with Crippen LogP contribution >= 0.6 is 12.2 Å². The molecule has 0 bridgehead atoms. The van der Waals surface area contributed by atoms with Crippen molar-refractivity contribution in [1.82, 2.24) is 19.8 Å². The molecular formula is C10H16N4OS. The van der Waals surface area contributed by atoms with Gasteiger partial charge in [0.2, 0.25) is 0 Å². The van der Waals surface area contributed by atoms with Crippen LogP contribution in [0.2, 0.25) is 0 Å². The molecular weight excluding hydrogens is 224 g/mol. The number of nitrogens with zero attached hydrogens (tertiary/aromatic N) is 3. The summed E-state index contributed by atoms with van der Waals surface area (Å²) in [4.78, 5) is 6.43. The summed E-state index contributed by atoms with van der Waals surface area (Å²) in [7, 11) is 1.68. The van der Waals surface area contributed by atoms with Gasteiger partial charge in [-0.1, -0.05) is 0 Å². The number of methoxy groups -OCH3 is 1. The highest BCUT2D eigenvalue weighted by molar-refractivity contribution is 7.80. The van der Waals surface area contributed by atoms with Crippen LogP contribution in [0, 0.1) is 0 Å². The lowest BCUT2D eigenvalue weighted by atomic mass is 10.4. The van der Waals surface area contributed by atoms with Gasteiger partial charge in [0, 0.05) is 39.1 Å². The lowest BCUT2D eigenvalue weighted by molar-refractivity contribution is 0.202. The van der Waals surface area contributed by atoms with E-state index in [4.69, 9.17) is 17.0 Å². The van der Waals surface area contributed by atoms with Gasteiger partial charge in [-0.15, -0.1) is 0 Å². The Morgan fingerprint density at radius 2 is 2.50 bits per heavy atom. The minimum absolute atomic E-state index is 0.669. The second kappa shape index (κ2) is 5.27. The van der Waals surface area contributed by atoms with Crippen LogP contribution in [0.3, 0.4) is 0 Å². The Labute approximate surface area is 100 Å². The summed E-state index contributed by atoms with van der Waals surface area (Å²) in [5, 5.41) is 3.96. The molecule has 1 N–H and O–H groups in total. The van der Waals surface area contributed by atoms with E-state index in [2.05, 4.69) is 19.8 Å². The quantitative estimate of drug-likeness (QED) is 0.605. The van der Waals surface area contributed by atoms with Crippen LogP contribution in [0.25, 0.3) is 0 Å². The Bertz CT molecular complexity index is 365. The topological polar surface area (TPSA) is 42.3 Å². The van der Waals surface area contributed by atoms with Crippen molar-refractivity contribution in [1.29, 1.82) is 0 Å². The third-order valence-electron chi connectivity index (χ3n) is 2.61. The van der Waals surface area contributed by atoms with Crippen molar-refractivity contribution in [2.24, 2.45) is 0 Å². The van der Waals surface area contributed by atoms with E-state index in [9.17, 15) is 0 Å². The number of rotatable bonds is 3. The average Bonchev–Trinajstić information content (AvgIpc) is 2.76. The Balaban J connectivity index is 1.86. The molecule has 0 atom stereocenters. The van der Waals surface area contributed by atoms with E-state index in [-0.39, 0.29) is 0 Å². The highest BCUT2D eigenvalue weighted by atomic mass is 32.1. The maximum atomic E-state index is 5.31. The standard InChI is InChI=1S/C10H16N4OS/c1-15-7-3-12-10(16)14-6-5-13-4-2-11-9(13)8-14/h2,4H,3,5-8H2,1H3,(H,12,16). The first-order chi connectivity index (χ1) is 7.81. The maximum Gasteiger partial charge on any atom is 0.169 e. The Morgan fingerprint density at radius 3 is 3.31 bits per heavy atom. The van der Waals surface area contributed by atoms with Gasteiger partial charge >= 0.3 is 0 Å². The fourth-order valence-corrected chi connectivity index (χ4v) is 1.98. The van der Waals surface area contributed by atoms with Gasteiger partial charge in [0.1, 0.15) is 5.82 Å². The number of thiocarbonyl (C=S) groups is 1. The van der Waals surface area contributed by atoms with E-state index in [1.54, 1.807) is 7.11 Å². The molecule has 0 saturated carbocycles. The normalized spacial score (nSPS) is 14.7. The summed E-state index contributed by atoms with van der Waals surface area (Å²) in [5.41, 5.74) is 0. The molecule has 0 aromatic carbocycles. The zero-order chi connectivity index (χ0) is 11.4. The number of imidazole rings is 1. The van der Waals surface area contributed by atoms with Crippen molar-refractivity contribution in [2.75, 3.05) is 26.8 Å². The van der Waals surface area contributed by atoms with Crippen LogP contribution in [0.5, 0.6) is 0 Å². The van der Waals surface area contributed by atoms with Crippen molar-refractivity contribution in [3.8, 4) is 0 Å². The van der Waals surface area contributed by atoms with E-state index in [1.807, 2.05) is 12.4 Å². The molecule has 0 unspecified atom stereocenters. The van der Waals surface area contributed by atoms with Crippen LogP contribution in [-0.2, 0) is 17.8 Å².